The van der Waals surface area contributed by atoms with Crippen molar-refractivity contribution in [3.05, 3.63) is 53.4 Å². The number of alkyl halides is 3. The van der Waals surface area contributed by atoms with Crippen LogP contribution in [0, 0.1) is 0 Å². The average Bonchev–Trinajstić information content (AvgIpc) is 3.00. The molecule has 0 bridgehead atoms. The lowest BCUT2D eigenvalue weighted by molar-refractivity contribution is -0.0902. The molecule has 0 aliphatic carbocycles. The number of likely N-dealkylation sites (N-methyl/N-ethyl adjacent to an activating group) is 1. The third-order valence-electron chi connectivity index (χ3n) is 4.56. The monoisotopic (exact) mass is 397 g/mol. The van der Waals surface area contributed by atoms with Gasteiger partial charge in [-0.05, 0) is 26.0 Å². The van der Waals surface area contributed by atoms with Gasteiger partial charge in [-0.2, -0.15) is 13.2 Å². The highest BCUT2D eigenvalue weighted by Gasteiger charge is 2.43. The first-order valence-electron chi connectivity index (χ1n) is 8.72. The number of amidine groups is 1. The van der Waals surface area contributed by atoms with Gasteiger partial charge in [0, 0.05) is 35.5 Å². The van der Waals surface area contributed by atoms with Gasteiger partial charge in [0.2, 0.25) is 0 Å². The maximum atomic E-state index is 13.2. The second kappa shape index (κ2) is 7.14. The fourth-order valence-corrected chi connectivity index (χ4v) is 4.33. The molecule has 0 spiro atoms. The Labute approximate surface area is 159 Å². The van der Waals surface area contributed by atoms with Gasteiger partial charge in [0.1, 0.15) is 12.0 Å². The van der Waals surface area contributed by atoms with Crippen LogP contribution in [-0.4, -0.2) is 51.0 Å². The van der Waals surface area contributed by atoms with E-state index < -0.39 is 28.7 Å². The summed E-state index contributed by atoms with van der Waals surface area (Å²) in [7, 11) is 0.418. The van der Waals surface area contributed by atoms with E-state index in [0.717, 1.165) is 12.3 Å². The molecule has 0 N–H and O–H groups in total. The van der Waals surface area contributed by atoms with Gasteiger partial charge in [-0.15, -0.1) is 0 Å². The summed E-state index contributed by atoms with van der Waals surface area (Å²) in [6.07, 6.45) is -2.64. The van der Waals surface area contributed by atoms with Gasteiger partial charge in [-0.3, -0.25) is 4.21 Å². The Morgan fingerprint density at radius 1 is 1.26 bits per heavy atom. The molecular weight excluding hydrogens is 375 g/mol. The molecule has 4 nitrogen and oxygen atoms in total. The van der Waals surface area contributed by atoms with Crippen molar-refractivity contribution in [1.29, 1.82) is 0 Å². The van der Waals surface area contributed by atoms with Crippen LogP contribution in [0.4, 0.5) is 13.2 Å². The molecule has 8 heteroatoms. The minimum absolute atomic E-state index is 0.00828. The Balaban J connectivity index is 2.15. The third-order valence-corrected chi connectivity index (χ3v) is 5.93. The minimum atomic E-state index is -4.44. The SMILES string of the molecule is CCS(=O)c1ccccc1C1=NC2=CC(C(F)(F)F)=CN(C)C2N1C(C)C. The van der Waals surface area contributed by atoms with Crippen LogP contribution in [0.15, 0.2) is 57.7 Å². The molecule has 2 heterocycles. The molecule has 0 saturated carbocycles. The molecule has 0 saturated heterocycles. The molecular formula is C19H22F3N3OS. The molecule has 0 radical (unpaired) electrons. The first kappa shape index (κ1) is 19.7. The van der Waals surface area contributed by atoms with Crippen molar-refractivity contribution in [3.8, 4) is 0 Å². The van der Waals surface area contributed by atoms with Crippen LogP contribution in [0.3, 0.4) is 0 Å². The number of aliphatic imine (C=N–C) groups is 1. The molecule has 0 amide bonds. The smallest absolute Gasteiger partial charge is 0.355 e. The Bertz CT molecular complexity index is 858. The number of nitrogens with zero attached hydrogens (tertiary/aromatic N) is 3. The van der Waals surface area contributed by atoms with Gasteiger partial charge in [0.05, 0.1) is 22.1 Å². The zero-order valence-corrected chi connectivity index (χ0v) is 16.4. The van der Waals surface area contributed by atoms with E-state index in [1.54, 1.807) is 13.1 Å². The zero-order valence-electron chi connectivity index (χ0n) is 15.6. The topological polar surface area (TPSA) is 35.9 Å². The van der Waals surface area contributed by atoms with Gasteiger partial charge in [0.25, 0.3) is 0 Å². The Kier molecular flexibility index (Phi) is 5.20. The number of halogens is 3. The van der Waals surface area contributed by atoms with E-state index in [-0.39, 0.29) is 6.04 Å². The summed E-state index contributed by atoms with van der Waals surface area (Å²) in [4.78, 5) is 8.72. The van der Waals surface area contributed by atoms with Crippen molar-refractivity contribution in [3.63, 3.8) is 0 Å². The van der Waals surface area contributed by atoms with Crippen LogP contribution < -0.4 is 0 Å². The van der Waals surface area contributed by atoms with E-state index in [2.05, 4.69) is 4.99 Å². The summed E-state index contributed by atoms with van der Waals surface area (Å²) < 4.78 is 52.1. The first-order valence-corrected chi connectivity index (χ1v) is 10.0. The number of fused-ring (bicyclic) bond motifs is 1. The summed E-state index contributed by atoms with van der Waals surface area (Å²) in [6.45, 7) is 5.77. The number of hydrogen-bond donors (Lipinski definition) is 0. The van der Waals surface area contributed by atoms with E-state index in [0.29, 0.717) is 27.7 Å². The number of benzene rings is 1. The molecule has 0 fully saturated rings. The van der Waals surface area contributed by atoms with Crippen LogP contribution in [0.1, 0.15) is 26.3 Å². The maximum absolute atomic E-state index is 13.2. The molecule has 2 aliphatic heterocycles. The lowest BCUT2D eigenvalue weighted by atomic mass is 10.1. The van der Waals surface area contributed by atoms with Crippen molar-refractivity contribution in [2.45, 2.75) is 44.1 Å². The van der Waals surface area contributed by atoms with Crippen LogP contribution in [0.5, 0.6) is 0 Å². The van der Waals surface area contributed by atoms with Crippen LogP contribution in [-0.2, 0) is 10.8 Å². The predicted octanol–water partition coefficient (Wildman–Crippen LogP) is 3.89. The van der Waals surface area contributed by atoms with Crippen molar-refractivity contribution >= 4 is 16.6 Å². The van der Waals surface area contributed by atoms with E-state index in [4.69, 9.17) is 0 Å². The molecule has 0 aromatic heterocycles. The van der Waals surface area contributed by atoms with E-state index in [1.807, 2.05) is 43.9 Å². The standard InChI is InChI=1S/C19H22F3N3OS/c1-5-27(26)16-9-7-6-8-14(16)17-23-15-10-13(19(20,21)22)11-24(4)18(15)25(17)12(2)3/h6-12,18H,5H2,1-4H3. The largest absolute Gasteiger partial charge is 0.417 e. The quantitative estimate of drug-likeness (QED) is 0.774. The van der Waals surface area contributed by atoms with Crippen molar-refractivity contribution in [2.75, 3.05) is 12.8 Å². The highest BCUT2D eigenvalue weighted by Crippen LogP contribution is 2.38. The van der Waals surface area contributed by atoms with Crippen molar-refractivity contribution < 1.29 is 17.4 Å². The summed E-state index contributed by atoms with van der Waals surface area (Å²) in [5, 5.41) is 0. The molecule has 27 heavy (non-hydrogen) atoms. The van der Waals surface area contributed by atoms with E-state index >= 15 is 0 Å². The lowest BCUT2D eigenvalue weighted by Crippen LogP contribution is -2.49. The van der Waals surface area contributed by atoms with Crippen LogP contribution >= 0.6 is 0 Å². The summed E-state index contributed by atoms with van der Waals surface area (Å²) in [5.41, 5.74) is 0.312. The lowest BCUT2D eigenvalue weighted by Gasteiger charge is -2.39. The van der Waals surface area contributed by atoms with E-state index in [9.17, 15) is 17.4 Å². The molecule has 2 aliphatic rings. The molecule has 3 rings (SSSR count). The number of rotatable bonds is 4. The number of allylic oxidation sites excluding steroid dienone is 2. The van der Waals surface area contributed by atoms with Gasteiger partial charge in [-0.1, -0.05) is 25.1 Å². The average molecular weight is 397 g/mol. The fraction of sp³-hybridized carbons (Fsp3) is 0.421. The van der Waals surface area contributed by atoms with Gasteiger partial charge in [-0.25, -0.2) is 4.99 Å². The molecule has 1 aromatic carbocycles. The highest BCUT2D eigenvalue weighted by molar-refractivity contribution is 7.85. The fourth-order valence-electron chi connectivity index (χ4n) is 3.38. The Morgan fingerprint density at radius 2 is 1.93 bits per heavy atom. The molecule has 1 aromatic rings. The highest BCUT2D eigenvalue weighted by atomic mass is 32.2. The van der Waals surface area contributed by atoms with Crippen molar-refractivity contribution in [1.82, 2.24) is 9.80 Å². The Morgan fingerprint density at radius 3 is 2.52 bits per heavy atom. The second-order valence-electron chi connectivity index (χ2n) is 6.76. The summed E-state index contributed by atoms with van der Waals surface area (Å²) >= 11 is 0. The predicted molar refractivity (Wildman–Crippen MR) is 101 cm³/mol. The summed E-state index contributed by atoms with van der Waals surface area (Å²) in [5.74, 6) is 1.01. The van der Waals surface area contributed by atoms with Gasteiger partial charge >= 0.3 is 6.18 Å². The third kappa shape index (κ3) is 3.54. The summed E-state index contributed by atoms with van der Waals surface area (Å²) in [6, 6.07) is 7.24. The zero-order chi connectivity index (χ0) is 19.9. The minimum Gasteiger partial charge on any atom is -0.355 e. The Hall–Kier alpha value is -2.09. The molecule has 2 atom stereocenters. The van der Waals surface area contributed by atoms with Crippen molar-refractivity contribution in [2.24, 2.45) is 4.99 Å². The molecule has 146 valence electrons. The second-order valence-corrected chi connectivity index (χ2v) is 8.47. The maximum Gasteiger partial charge on any atom is 0.417 e. The van der Waals surface area contributed by atoms with E-state index in [1.165, 1.54) is 4.90 Å². The molecule has 2 unspecified atom stereocenters. The van der Waals surface area contributed by atoms with Gasteiger partial charge < -0.3 is 9.80 Å². The first-order chi connectivity index (χ1) is 12.6. The van der Waals surface area contributed by atoms with Crippen LogP contribution in [0.25, 0.3) is 0 Å². The normalized spacial score (nSPS) is 21.0. The van der Waals surface area contributed by atoms with Crippen LogP contribution in [0.2, 0.25) is 0 Å². The number of hydrogen-bond acceptors (Lipinski definition) is 4. The van der Waals surface area contributed by atoms with Gasteiger partial charge in [0.15, 0.2) is 0 Å².